The lowest BCUT2D eigenvalue weighted by Gasteiger charge is -2.02. The molecule has 1 aromatic rings. The molecule has 0 saturated heterocycles. The fraction of sp³-hybridized carbons (Fsp3) is 0.143. The van der Waals surface area contributed by atoms with Crippen molar-refractivity contribution in [3.63, 3.8) is 0 Å². The summed E-state index contributed by atoms with van der Waals surface area (Å²) in [5.74, 6) is -2.92. The molecule has 0 radical (unpaired) electrons. The quantitative estimate of drug-likeness (QED) is 0.621. The van der Waals surface area contributed by atoms with E-state index in [1.807, 2.05) is 22.6 Å². The van der Waals surface area contributed by atoms with Gasteiger partial charge < -0.3 is 0 Å². The van der Waals surface area contributed by atoms with Gasteiger partial charge in [0.05, 0.1) is 4.90 Å². The molecule has 78 valence electrons. The van der Waals surface area contributed by atoms with Crippen LogP contribution in [0.15, 0.2) is 29.2 Å². The molecule has 0 heterocycles. The van der Waals surface area contributed by atoms with Crippen molar-refractivity contribution in [3.05, 3.63) is 27.8 Å². The van der Waals surface area contributed by atoms with Crippen LogP contribution in [0.1, 0.15) is 0 Å². The van der Waals surface area contributed by atoms with Gasteiger partial charge in [-0.15, -0.1) is 0 Å². The predicted molar refractivity (Wildman–Crippen MR) is 59.9 cm³/mol. The highest BCUT2D eigenvalue weighted by molar-refractivity contribution is 14.1. The molecule has 1 aromatic carbocycles. The third-order valence-corrected chi connectivity index (χ3v) is 5.04. The van der Waals surface area contributed by atoms with Crippen molar-refractivity contribution in [2.45, 2.75) is 10.7 Å². The maximum absolute atomic E-state index is 11.9. The summed E-state index contributed by atoms with van der Waals surface area (Å²) in [5.41, 5.74) is 0. The Morgan fingerprint density at radius 1 is 1.21 bits per heavy atom. The van der Waals surface area contributed by atoms with Gasteiger partial charge >= 0.3 is 0 Å². The van der Waals surface area contributed by atoms with E-state index in [1.165, 1.54) is 12.1 Å². The van der Waals surface area contributed by atoms with Gasteiger partial charge in [-0.05, 0) is 46.9 Å². The molecule has 2 nitrogen and oxygen atoms in total. The molecule has 0 bridgehead atoms. The summed E-state index contributed by atoms with van der Waals surface area (Å²) in [6, 6.07) is 5.73. The first-order valence-corrected chi connectivity index (χ1v) is 7.35. The highest BCUT2D eigenvalue weighted by atomic mass is 127. The average molecular weight is 350 g/mol. The van der Waals surface area contributed by atoms with E-state index >= 15 is 0 Å². The first-order valence-electron chi connectivity index (χ1n) is 3.39. The smallest absolute Gasteiger partial charge is 0.212 e. The van der Waals surface area contributed by atoms with Gasteiger partial charge in [0.2, 0.25) is 8.87 Å². The number of benzene rings is 1. The van der Waals surface area contributed by atoms with Crippen molar-refractivity contribution >= 4 is 42.3 Å². The van der Waals surface area contributed by atoms with E-state index < -0.39 is 14.6 Å². The summed E-state index contributed by atoms with van der Waals surface area (Å²) in [7, 11) is -4.26. The van der Waals surface area contributed by atoms with E-state index in [9.17, 15) is 17.2 Å². The number of hydrogen-bond donors (Lipinski definition) is 0. The second-order valence-corrected chi connectivity index (χ2v) is 7.33. The second-order valence-electron chi connectivity index (χ2n) is 2.26. The van der Waals surface area contributed by atoms with E-state index in [-0.39, 0.29) is 15.7 Å². The first kappa shape index (κ1) is 12.2. The molecular formula is C7H5F2IO2S2. The van der Waals surface area contributed by atoms with Crippen LogP contribution in [0.25, 0.3) is 0 Å². The number of rotatable bonds is 3. The van der Waals surface area contributed by atoms with Gasteiger partial charge in [-0.2, -0.15) is 8.78 Å². The van der Waals surface area contributed by atoms with Gasteiger partial charge in [-0.25, -0.2) is 8.42 Å². The molecule has 0 spiro atoms. The lowest BCUT2D eigenvalue weighted by molar-refractivity contribution is 0.254. The molecule has 0 unspecified atom stereocenters. The van der Waals surface area contributed by atoms with Crippen LogP contribution < -0.4 is 0 Å². The molecule has 0 aliphatic rings. The van der Waals surface area contributed by atoms with E-state index in [1.54, 1.807) is 12.1 Å². The minimum Gasteiger partial charge on any atom is -0.212 e. The lowest BCUT2D eigenvalue weighted by atomic mass is 10.4. The third-order valence-electron chi connectivity index (χ3n) is 1.30. The van der Waals surface area contributed by atoms with Crippen LogP contribution in [0.3, 0.4) is 0 Å². The molecule has 0 aromatic heterocycles. The van der Waals surface area contributed by atoms with Gasteiger partial charge in [0, 0.05) is 14.4 Å². The number of alkyl halides is 2. The van der Waals surface area contributed by atoms with Crippen LogP contribution in [-0.2, 0) is 8.87 Å². The Kier molecular flexibility index (Phi) is 4.14. The Labute approximate surface area is 97.5 Å². The molecule has 0 saturated carbocycles. The largest absolute Gasteiger partial charge is 0.298 e. The Hall–Kier alpha value is 0.110. The molecule has 7 heteroatoms. The summed E-state index contributed by atoms with van der Waals surface area (Å²) < 4.78 is 47.1. The van der Waals surface area contributed by atoms with Gasteiger partial charge in [0.1, 0.15) is 0 Å². The summed E-state index contributed by atoms with van der Waals surface area (Å²) in [5, 5.41) is 0. The highest BCUT2D eigenvalue weighted by Crippen LogP contribution is 2.28. The SMILES string of the molecule is O=S(=O)(SC(F)F)c1ccc(I)cc1. The van der Waals surface area contributed by atoms with Crippen molar-refractivity contribution in [1.29, 1.82) is 0 Å². The Balaban J connectivity index is 2.99. The summed E-state index contributed by atoms with van der Waals surface area (Å²) in [6.07, 6.45) is 0. The Morgan fingerprint density at radius 3 is 2.14 bits per heavy atom. The first-order chi connectivity index (χ1) is 6.42. The van der Waals surface area contributed by atoms with E-state index in [0.717, 1.165) is 3.57 Å². The van der Waals surface area contributed by atoms with E-state index in [0.29, 0.717) is 0 Å². The zero-order valence-electron chi connectivity index (χ0n) is 6.65. The van der Waals surface area contributed by atoms with Gasteiger partial charge in [0.25, 0.3) is 5.76 Å². The van der Waals surface area contributed by atoms with Crippen LogP contribution in [0.2, 0.25) is 0 Å². The highest BCUT2D eigenvalue weighted by Gasteiger charge is 2.21. The van der Waals surface area contributed by atoms with E-state index in [4.69, 9.17) is 0 Å². The normalized spacial score (nSPS) is 12.0. The number of hydrogen-bond acceptors (Lipinski definition) is 3. The molecule has 0 aliphatic heterocycles. The standard InChI is InChI=1S/C7H5F2IO2S2/c8-7(9)13-14(11,12)6-3-1-5(10)2-4-6/h1-4,7H. The molecular weight excluding hydrogens is 345 g/mol. The fourth-order valence-corrected chi connectivity index (χ4v) is 3.13. The van der Waals surface area contributed by atoms with Crippen LogP contribution in [0, 0.1) is 3.57 Å². The molecule has 1 rings (SSSR count). The molecule has 0 aliphatic carbocycles. The Morgan fingerprint density at radius 2 is 1.71 bits per heavy atom. The van der Waals surface area contributed by atoms with Crippen LogP contribution >= 0.6 is 33.4 Å². The van der Waals surface area contributed by atoms with Crippen LogP contribution in [0.4, 0.5) is 8.78 Å². The maximum atomic E-state index is 11.9. The minimum atomic E-state index is -3.91. The van der Waals surface area contributed by atoms with Crippen molar-refractivity contribution in [2.75, 3.05) is 0 Å². The van der Waals surface area contributed by atoms with Crippen molar-refractivity contribution in [2.24, 2.45) is 0 Å². The fourth-order valence-electron chi connectivity index (χ4n) is 0.753. The number of halogens is 3. The van der Waals surface area contributed by atoms with E-state index in [2.05, 4.69) is 0 Å². The summed E-state index contributed by atoms with van der Waals surface area (Å²) in [6.45, 7) is 0. The monoisotopic (exact) mass is 350 g/mol. The third kappa shape index (κ3) is 3.35. The van der Waals surface area contributed by atoms with Crippen LogP contribution in [-0.4, -0.2) is 14.2 Å². The second kappa shape index (κ2) is 4.75. The molecule has 14 heavy (non-hydrogen) atoms. The topological polar surface area (TPSA) is 34.1 Å². The minimum absolute atomic E-state index is 0.0942. The van der Waals surface area contributed by atoms with Gasteiger partial charge in [-0.1, -0.05) is 0 Å². The summed E-state index contributed by atoms with van der Waals surface area (Å²) in [4.78, 5) is -0.0942. The predicted octanol–water partition coefficient (Wildman–Crippen LogP) is 2.94. The molecule has 0 amide bonds. The lowest BCUT2D eigenvalue weighted by Crippen LogP contribution is -1.98. The van der Waals surface area contributed by atoms with Crippen LogP contribution in [0.5, 0.6) is 0 Å². The Bertz CT molecular complexity index is 402. The molecule has 0 N–H and O–H groups in total. The maximum Gasteiger partial charge on any atom is 0.298 e. The molecule has 0 fully saturated rings. The van der Waals surface area contributed by atoms with Crippen molar-refractivity contribution in [1.82, 2.24) is 0 Å². The molecule has 0 atom stereocenters. The average Bonchev–Trinajstić information content (AvgIpc) is 2.02. The van der Waals surface area contributed by atoms with Gasteiger partial charge in [-0.3, -0.25) is 0 Å². The van der Waals surface area contributed by atoms with Crippen molar-refractivity contribution in [3.8, 4) is 0 Å². The van der Waals surface area contributed by atoms with Gasteiger partial charge in [0.15, 0.2) is 0 Å². The van der Waals surface area contributed by atoms with Crippen molar-refractivity contribution < 1.29 is 17.2 Å². The summed E-state index contributed by atoms with van der Waals surface area (Å²) >= 11 is 2.00. The zero-order chi connectivity index (χ0) is 10.8. The zero-order valence-corrected chi connectivity index (χ0v) is 10.4.